The zero-order valence-electron chi connectivity index (χ0n) is 9.19. The van der Waals surface area contributed by atoms with Crippen LogP contribution in [0.3, 0.4) is 0 Å². The van der Waals surface area contributed by atoms with Crippen LogP contribution in [0.15, 0.2) is 18.2 Å². The molecule has 1 aromatic carbocycles. The van der Waals surface area contributed by atoms with Crippen molar-refractivity contribution in [3.63, 3.8) is 0 Å². The summed E-state index contributed by atoms with van der Waals surface area (Å²) in [5.41, 5.74) is 6.41. The lowest BCUT2D eigenvalue weighted by molar-refractivity contribution is 0.482. The summed E-state index contributed by atoms with van der Waals surface area (Å²) in [5, 5.41) is 0.339. The highest BCUT2D eigenvalue weighted by Gasteiger charge is 2.25. The van der Waals surface area contributed by atoms with Gasteiger partial charge in [-0.15, -0.1) is 0 Å². The average Bonchev–Trinajstić information content (AvgIpc) is 2.77. The van der Waals surface area contributed by atoms with E-state index in [2.05, 4.69) is 4.72 Å². The Labute approximate surface area is 106 Å². The van der Waals surface area contributed by atoms with Crippen molar-refractivity contribution in [2.45, 2.75) is 12.8 Å². The lowest BCUT2D eigenvalue weighted by Crippen LogP contribution is -2.33. The molecule has 0 aliphatic carbocycles. The van der Waals surface area contributed by atoms with E-state index in [4.69, 9.17) is 17.3 Å². The monoisotopic (exact) mass is 275 g/mol. The van der Waals surface area contributed by atoms with Gasteiger partial charge < -0.3 is 5.73 Å². The lowest BCUT2D eigenvalue weighted by Gasteiger charge is -2.17. The minimum Gasteiger partial charge on any atom is -0.398 e. The van der Waals surface area contributed by atoms with Crippen molar-refractivity contribution in [1.82, 2.24) is 4.31 Å². The van der Waals surface area contributed by atoms with Crippen molar-refractivity contribution in [1.29, 1.82) is 0 Å². The van der Waals surface area contributed by atoms with E-state index in [0.717, 1.165) is 12.8 Å². The molecule has 3 N–H and O–H groups in total. The Bertz CT molecular complexity index is 512. The summed E-state index contributed by atoms with van der Waals surface area (Å²) >= 11 is 5.83. The maximum absolute atomic E-state index is 11.9. The highest BCUT2D eigenvalue weighted by molar-refractivity contribution is 7.90. The van der Waals surface area contributed by atoms with Crippen molar-refractivity contribution < 1.29 is 8.42 Å². The van der Waals surface area contributed by atoms with Gasteiger partial charge in [-0.3, -0.25) is 4.72 Å². The number of nitrogens with zero attached hydrogens (tertiary/aromatic N) is 1. The lowest BCUT2D eigenvalue weighted by atomic mass is 10.3. The first-order valence-electron chi connectivity index (χ1n) is 5.32. The summed E-state index contributed by atoms with van der Waals surface area (Å²) in [7, 11) is -3.46. The van der Waals surface area contributed by atoms with Gasteiger partial charge in [0.15, 0.2) is 0 Å². The number of anilines is 2. The molecule has 0 bridgehead atoms. The standard InChI is InChI=1S/C10H14ClN3O2S/c11-9-7-8(3-4-10(9)12)13-17(15,16)14-5-1-2-6-14/h3-4,7,13H,1-2,5-6,12H2. The molecule has 1 aromatic rings. The third kappa shape index (κ3) is 2.83. The smallest absolute Gasteiger partial charge is 0.301 e. The summed E-state index contributed by atoms with van der Waals surface area (Å²) in [6.07, 6.45) is 1.81. The van der Waals surface area contributed by atoms with Gasteiger partial charge in [-0.1, -0.05) is 11.6 Å². The van der Waals surface area contributed by atoms with Crippen LogP contribution in [0.4, 0.5) is 11.4 Å². The summed E-state index contributed by atoms with van der Waals surface area (Å²) in [4.78, 5) is 0. The Morgan fingerprint density at radius 1 is 1.29 bits per heavy atom. The normalized spacial score (nSPS) is 17.2. The second-order valence-corrected chi connectivity index (χ2v) is 6.03. The number of hydrogen-bond donors (Lipinski definition) is 2. The van der Waals surface area contributed by atoms with E-state index in [1.165, 1.54) is 10.4 Å². The van der Waals surface area contributed by atoms with E-state index in [0.29, 0.717) is 29.5 Å². The molecule has 17 heavy (non-hydrogen) atoms. The van der Waals surface area contributed by atoms with Gasteiger partial charge in [0.1, 0.15) is 0 Å². The molecule has 0 saturated carbocycles. The van der Waals surface area contributed by atoms with E-state index < -0.39 is 10.2 Å². The highest BCUT2D eigenvalue weighted by Crippen LogP contribution is 2.24. The largest absolute Gasteiger partial charge is 0.398 e. The van der Waals surface area contributed by atoms with Crippen LogP contribution in [0.25, 0.3) is 0 Å². The molecular weight excluding hydrogens is 262 g/mol. The first kappa shape index (κ1) is 12.5. The van der Waals surface area contributed by atoms with Gasteiger partial charge in [0, 0.05) is 13.1 Å². The zero-order valence-corrected chi connectivity index (χ0v) is 10.8. The van der Waals surface area contributed by atoms with Crippen molar-refractivity contribution in [2.24, 2.45) is 0 Å². The second-order valence-electron chi connectivity index (χ2n) is 3.95. The number of benzene rings is 1. The van der Waals surface area contributed by atoms with Crippen molar-refractivity contribution in [3.05, 3.63) is 23.2 Å². The SMILES string of the molecule is Nc1ccc(NS(=O)(=O)N2CCCC2)cc1Cl. The highest BCUT2D eigenvalue weighted by atomic mass is 35.5. The Morgan fingerprint density at radius 3 is 2.53 bits per heavy atom. The number of hydrogen-bond acceptors (Lipinski definition) is 3. The third-order valence-corrected chi connectivity index (χ3v) is 4.52. The minimum absolute atomic E-state index is 0.339. The molecule has 1 fully saturated rings. The second kappa shape index (κ2) is 4.72. The molecule has 0 amide bonds. The first-order valence-corrected chi connectivity index (χ1v) is 7.14. The average molecular weight is 276 g/mol. The van der Waals surface area contributed by atoms with E-state index in [1.54, 1.807) is 12.1 Å². The van der Waals surface area contributed by atoms with Crippen LogP contribution in [0.1, 0.15) is 12.8 Å². The Balaban J connectivity index is 2.17. The molecule has 1 heterocycles. The summed E-state index contributed by atoms with van der Waals surface area (Å²) in [6, 6.07) is 4.67. The molecule has 0 spiro atoms. The van der Waals surface area contributed by atoms with Gasteiger partial charge in [-0.2, -0.15) is 12.7 Å². The van der Waals surface area contributed by atoms with E-state index >= 15 is 0 Å². The van der Waals surface area contributed by atoms with Crippen molar-refractivity contribution >= 4 is 33.2 Å². The van der Waals surface area contributed by atoms with Crippen LogP contribution in [-0.4, -0.2) is 25.8 Å². The molecule has 5 nitrogen and oxygen atoms in total. The Kier molecular flexibility index (Phi) is 3.46. The van der Waals surface area contributed by atoms with Crippen LogP contribution in [0, 0.1) is 0 Å². The molecule has 7 heteroatoms. The number of nitrogens with one attached hydrogen (secondary N) is 1. The van der Waals surface area contributed by atoms with E-state index in [1.807, 2.05) is 0 Å². The molecular formula is C10H14ClN3O2S. The van der Waals surface area contributed by atoms with Gasteiger partial charge in [-0.05, 0) is 31.0 Å². The van der Waals surface area contributed by atoms with Crippen molar-refractivity contribution in [3.8, 4) is 0 Å². The summed E-state index contributed by atoms with van der Waals surface area (Å²) < 4.78 is 27.8. The van der Waals surface area contributed by atoms with Crippen LogP contribution in [-0.2, 0) is 10.2 Å². The topological polar surface area (TPSA) is 75.4 Å². The predicted octanol–water partition coefficient (Wildman–Crippen LogP) is 1.67. The van der Waals surface area contributed by atoms with Crippen LogP contribution in [0.5, 0.6) is 0 Å². The first-order chi connectivity index (χ1) is 7.99. The molecule has 94 valence electrons. The molecule has 1 saturated heterocycles. The van der Waals surface area contributed by atoms with Crippen LogP contribution >= 0.6 is 11.6 Å². The number of nitrogen functional groups attached to an aromatic ring is 1. The zero-order chi connectivity index (χ0) is 12.5. The molecule has 0 unspecified atom stereocenters. The van der Waals surface area contributed by atoms with Gasteiger partial charge in [0.2, 0.25) is 0 Å². The number of nitrogens with two attached hydrogens (primary N) is 1. The van der Waals surface area contributed by atoms with Gasteiger partial charge >= 0.3 is 10.2 Å². The Morgan fingerprint density at radius 2 is 1.94 bits per heavy atom. The fourth-order valence-corrected chi connectivity index (χ4v) is 3.21. The quantitative estimate of drug-likeness (QED) is 0.824. The summed E-state index contributed by atoms with van der Waals surface area (Å²) in [5.74, 6) is 0. The maximum atomic E-state index is 11.9. The van der Waals surface area contributed by atoms with Crippen molar-refractivity contribution in [2.75, 3.05) is 23.5 Å². The summed E-state index contributed by atoms with van der Waals surface area (Å²) in [6.45, 7) is 1.13. The van der Waals surface area contributed by atoms with E-state index in [9.17, 15) is 8.42 Å². The van der Waals surface area contributed by atoms with Crippen LogP contribution < -0.4 is 10.5 Å². The fourth-order valence-electron chi connectivity index (χ4n) is 1.73. The minimum atomic E-state index is -3.46. The molecule has 1 aliphatic rings. The molecule has 0 atom stereocenters. The third-order valence-electron chi connectivity index (χ3n) is 2.65. The van der Waals surface area contributed by atoms with Gasteiger partial charge in [-0.25, -0.2) is 0 Å². The maximum Gasteiger partial charge on any atom is 0.301 e. The van der Waals surface area contributed by atoms with Gasteiger partial charge in [0.25, 0.3) is 0 Å². The number of rotatable bonds is 3. The molecule has 0 radical (unpaired) electrons. The van der Waals surface area contributed by atoms with Gasteiger partial charge in [0.05, 0.1) is 16.4 Å². The molecule has 1 aliphatic heterocycles. The fraction of sp³-hybridized carbons (Fsp3) is 0.400. The Hall–Kier alpha value is -0.980. The molecule has 2 rings (SSSR count). The predicted molar refractivity (Wildman–Crippen MR) is 69.2 cm³/mol. The molecule has 0 aromatic heterocycles. The number of halogens is 1. The van der Waals surface area contributed by atoms with Crippen LogP contribution in [0.2, 0.25) is 5.02 Å². The van der Waals surface area contributed by atoms with E-state index in [-0.39, 0.29) is 0 Å².